The lowest BCUT2D eigenvalue weighted by molar-refractivity contribution is 0.101. The molecule has 0 bridgehead atoms. The summed E-state index contributed by atoms with van der Waals surface area (Å²) in [4.78, 5) is 18.4. The Bertz CT molecular complexity index is 1160. The summed E-state index contributed by atoms with van der Waals surface area (Å²) in [5, 5.41) is 11.5. The van der Waals surface area contributed by atoms with Crippen LogP contribution in [0, 0.1) is 6.92 Å². The molecule has 3 aliphatic rings. The molecular formula is C28H34N2O5. The van der Waals surface area contributed by atoms with Gasteiger partial charge in [0.15, 0.2) is 17.3 Å². The number of ether oxygens (including phenoxy) is 3. The summed E-state index contributed by atoms with van der Waals surface area (Å²) in [6, 6.07) is 5.53. The van der Waals surface area contributed by atoms with Gasteiger partial charge in [0, 0.05) is 24.2 Å². The van der Waals surface area contributed by atoms with E-state index in [9.17, 15) is 9.90 Å². The minimum absolute atomic E-state index is 0.160. The van der Waals surface area contributed by atoms with Crippen molar-refractivity contribution in [2.75, 3.05) is 40.4 Å². The lowest BCUT2D eigenvalue weighted by Crippen LogP contribution is -2.22. The van der Waals surface area contributed by atoms with Gasteiger partial charge in [-0.05, 0) is 76.5 Å². The Balaban J connectivity index is 1.59. The zero-order valence-corrected chi connectivity index (χ0v) is 20.9. The number of aromatic hydroxyl groups is 1. The summed E-state index contributed by atoms with van der Waals surface area (Å²) < 4.78 is 17.2. The second-order valence-corrected chi connectivity index (χ2v) is 9.62. The molecule has 3 heterocycles. The fourth-order valence-electron chi connectivity index (χ4n) is 5.54. The highest BCUT2D eigenvalue weighted by molar-refractivity contribution is 6.16. The molecule has 0 aliphatic carbocycles. The second-order valence-electron chi connectivity index (χ2n) is 9.62. The number of nitrogens with zero attached hydrogens (tertiary/aromatic N) is 2. The fourth-order valence-corrected chi connectivity index (χ4v) is 5.54. The molecule has 186 valence electrons. The lowest BCUT2D eigenvalue weighted by atomic mass is 9.93. The molecule has 2 aromatic rings. The molecule has 0 amide bonds. The van der Waals surface area contributed by atoms with Gasteiger partial charge in [-0.1, -0.05) is 12.1 Å². The average Bonchev–Trinajstić information content (AvgIpc) is 3.62. The SMILES string of the molecule is COc1cccc(/C=C2\Oc3c(CN4CCCC4)c(O)c(CN4CCCC4)c(C)c3C2=O)c1OC. The molecule has 0 aromatic heterocycles. The number of phenols is 1. The maximum atomic E-state index is 13.7. The normalized spacial score (nSPS) is 19.4. The van der Waals surface area contributed by atoms with Crippen molar-refractivity contribution in [1.29, 1.82) is 0 Å². The first-order valence-corrected chi connectivity index (χ1v) is 12.5. The molecular weight excluding hydrogens is 444 g/mol. The zero-order valence-electron chi connectivity index (χ0n) is 20.9. The number of hydrogen-bond donors (Lipinski definition) is 1. The van der Waals surface area contributed by atoms with E-state index >= 15 is 0 Å². The van der Waals surface area contributed by atoms with E-state index in [1.807, 2.05) is 25.1 Å². The van der Waals surface area contributed by atoms with Crippen molar-refractivity contribution in [2.45, 2.75) is 45.7 Å². The van der Waals surface area contributed by atoms with Gasteiger partial charge in [-0.15, -0.1) is 0 Å². The molecule has 0 spiro atoms. The van der Waals surface area contributed by atoms with Crippen LogP contribution in [0.5, 0.6) is 23.0 Å². The van der Waals surface area contributed by atoms with Crippen molar-refractivity contribution in [2.24, 2.45) is 0 Å². The van der Waals surface area contributed by atoms with Gasteiger partial charge < -0.3 is 19.3 Å². The molecule has 0 atom stereocenters. The summed E-state index contributed by atoms with van der Waals surface area (Å²) >= 11 is 0. The molecule has 7 heteroatoms. The summed E-state index contributed by atoms with van der Waals surface area (Å²) in [7, 11) is 3.16. The highest BCUT2D eigenvalue weighted by atomic mass is 16.5. The topological polar surface area (TPSA) is 71.5 Å². The van der Waals surface area contributed by atoms with Gasteiger partial charge in [0.2, 0.25) is 5.78 Å². The van der Waals surface area contributed by atoms with Crippen molar-refractivity contribution in [1.82, 2.24) is 9.80 Å². The van der Waals surface area contributed by atoms with Crippen LogP contribution in [0.25, 0.3) is 6.08 Å². The molecule has 7 nitrogen and oxygen atoms in total. The third kappa shape index (κ3) is 4.39. The number of benzene rings is 2. The predicted molar refractivity (Wildman–Crippen MR) is 134 cm³/mol. The molecule has 0 radical (unpaired) electrons. The molecule has 0 saturated carbocycles. The van der Waals surface area contributed by atoms with Crippen molar-refractivity contribution in [3.05, 3.63) is 51.8 Å². The zero-order chi connectivity index (χ0) is 24.5. The molecule has 35 heavy (non-hydrogen) atoms. The van der Waals surface area contributed by atoms with Gasteiger partial charge in [0.1, 0.15) is 11.5 Å². The number of carbonyl (C=O) groups is 1. The highest BCUT2D eigenvalue weighted by Gasteiger charge is 2.36. The first-order valence-electron chi connectivity index (χ1n) is 12.5. The Labute approximate surface area is 206 Å². The van der Waals surface area contributed by atoms with Gasteiger partial charge >= 0.3 is 0 Å². The minimum atomic E-state index is -0.160. The van der Waals surface area contributed by atoms with E-state index in [1.165, 1.54) is 12.8 Å². The molecule has 2 saturated heterocycles. The van der Waals surface area contributed by atoms with Gasteiger partial charge in [0.25, 0.3) is 0 Å². The van der Waals surface area contributed by atoms with Crippen LogP contribution in [0.4, 0.5) is 0 Å². The van der Waals surface area contributed by atoms with Crippen LogP contribution in [-0.4, -0.2) is 61.1 Å². The van der Waals surface area contributed by atoms with Crippen LogP contribution >= 0.6 is 0 Å². The molecule has 5 rings (SSSR count). The molecule has 0 unspecified atom stereocenters. The minimum Gasteiger partial charge on any atom is -0.507 e. The van der Waals surface area contributed by atoms with Crippen molar-refractivity contribution < 1.29 is 24.1 Å². The number of likely N-dealkylation sites (tertiary alicyclic amines) is 2. The van der Waals surface area contributed by atoms with Gasteiger partial charge in [-0.2, -0.15) is 0 Å². The lowest BCUT2D eigenvalue weighted by Gasteiger charge is -2.23. The number of phenolic OH excluding ortho intramolecular Hbond substituents is 1. The summed E-state index contributed by atoms with van der Waals surface area (Å²) in [6.07, 6.45) is 6.34. The first-order chi connectivity index (χ1) is 17.0. The van der Waals surface area contributed by atoms with Crippen molar-refractivity contribution in [3.63, 3.8) is 0 Å². The molecule has 3 aliphatic heterocycles. The maximum Gasteiger partial charge on any atom is 0.232 e. The van der Waals surface area contributed by atoms with Crippen LogP contribution in [0.15, 0.2) is 24.0 Å². The Morgan fingerprint density at radius 2 is 1.60 bits per heavy atom. The summed E-state index contributed by atoms with van der Waals surface area (Å²) in [5.74, 6) is 1.97. The average molecular weight is 479 g/mol. The maximum absolute atomic E-state index is 13.7. The number of allylic oxidation sites excluding steroid dienone is 1. The summed E-state index contributed by atoms with van der Waals surface area (Å²) in [5.41, 5.74) is 3.64. The number of fused-ring (bicyclic) bond motifs is 1. The second kappa shape index (κ2) is 9.91. The number of Topliss-reactive ketones (excluding diaryl/α,β-unsaturated/α-hetero) is 1. The van der Waals surface area contributed by atoms with E-state index in [0.29, 0.717) is 41.5 Å². The number of ketones is 1. The Kier molecular flexibility index (Phi) is 6.71. The summed E-state index contributed by atoms with van der Waals surface area (Å²) in [6.45, 7) is 7.16. The van der Waals surface area contributed by atoms with Gasteiger partial charge in [-0.25, -0.2) is 0 Å². The predicted octanol–water partition coefficient (Wildman–Crippen LogP) is 4.53. The quantitative estimate of drug-likeness (QED) is 0.587. The molecule has 2 aromatic carbocycles. The van der Waals surface area contributed by atoms with E-state index in [4.69, 9.17) is 14.2 Å². The number of carbonyl (C=O) groups excluding carboxylic acids is 1. The number of rotatable bonds is 7. The number of hydrogen-bond acceptors (Lipinski definition) is 7. The Hall–Kier alpha value is -3.03. The first kappa shape index (κ1) is 23.7. The molecule has 1 N–H and O–H groups in total. The monoisotopic (exact) mass is 478 g/mol. The van der Waals surface area contributed by atoms with Gasteiger partial charge in [0.05, 0.1) is 25.3 Å². The third-order valence-electron chi connectivity index (χ3n) is 7.44. The van der Waals surface area contributed by atoms with E-state index in [1.54, 1.807) is 20.3 Å². The van der Waals surface area contributed by atoms with Crippen LogP contribution in [0.2, 0.25) is 0 Å². The molecule has 2 fully saturated rings. The Morgan fingerprint density at radius 1 is 0.971 bits per heavy atom. The standard InChI is InChI=1S/C28H34N2O5/c1-18-20(16-29-11-4-5-12-29)25(31)21(17-30-13-6-7-14-30)28-24(18)26(32)23(35-28)15-19-9-8-10-22(33-2)27(19)34-3/h8-10,15,31H,4-7,11-14,16-17H2,1-3H3/b23-15-. The van der Waals surface area contributed by atoms with Crippen LogP contribution < -0.4 is 14.2 Å². The number of para-hydroxylation sites is 1. The van der Waals surface area contributed by atoms with Gasteiger partial charge in [-0.3, -0.25) is 14.6 Å². The van der Waals surface area contributed by atoms with E-state index in [2.05, 4.69) is 9.80 Å². The van der Waals surface area contributed by atoms with E-state index in [-0.39, 0.29) is 17.3 Å². The number of methoxy groups -OCH3 is 2. The van der Waals surface area contributed by atoms with Crippen LogP contribution in [-0.2, 0) is 13.1 Å². The van der Waals surface area contributed by atoms with Crippen molar-refractivity contribution in [3.8, 4) is 23.0 Å². The van der Waals surface area contributed by atoms with Crippen molar-refractivity contribution >= 4 is 11.9 Å². The third-order valence-corrected chi connectivity index (χ3v) is 7.44. The Morgan fingerprint density at radius 3 is 2.20 bits per heavy atom. The van der Waals surface area contributed by atoms with Crippen LogP contribution in [0.1, 0.15) is 58.3 Å². The largest absolute Gasteiger partial charge is 0.507 e. The fraction of sp³-hybridized carbons (Fsp3) is 0.464. The van der Waals surface area contributed by atoms with Crippen LogP contribution in [0.3, 0.4) is 0 Å². The highest BCUT2D eigenvalue weighted by Crippen LogP contribution is 2.46. The van der Waals surface area contributed by atoms with E-state index < -0.39 is 0 Å². The van der Waals surface area contributed by atoms with E-state index in [0.717, 1.165) is 55.7 Å². The smallest absolute Gasteiger partial charge is 0.232 e.